The van der Waals surface area contributed by atoms with Gasteiger partial charge in [0.2, 0.25) is 0 Å². The standard InChI is InChI=1S/C17H16F2/c1-3-11-6-8-15-14(9-11)13-7-5-12(4-2)10-16(13)17(15,18)19/h5-10H,3-4H2,1-2H3. The van der Waals surface area contributed by atoms with Crippen LogP contribution >= 0.6 is 0 Å². The first kappa shape index (κ1) is 12.3. The molecule has 0 unspecified atom stereocenters. The van der Waals surface area contributed by atoms with Gasteiger partial charge in [-0.3, -0.25) is 0 Å². The van der Waals surface area contributed by atoms with Gasteiger partial charge in [0, 0.05) is 11.1 Å². The maximum absolute atomic E-state index is 14.5. The van der Waals surface area contributed by atoms with E-state index in [1.165, 1.54) is 0 Å². The zero-order valence-corrected chi connectivity index (χ0v) is 11.1. The largest absolute Gasteiger partial charge is 0.299 e. The van der Waals surface area contributed by atoms with Gasteiger partial charge in [-0.25, -0.2) is 0 Å². The highest BCUT2D eigenvalue weighted by atomic mass is 19.3. The number of benzene rings is 2. The molecule has 0 nitrogen and oxygen atoms in total. The van der Waals surface area contributed by atoms with Gasteiger partial charge in [0.05, 0.1) is 0 Å². The predicted octanol–water partition coefficient (Wildman–Crippen LogP) is 4.93. The van der Waals surface area contributed by atoms with Crippen LogP contribution in [0.25, 0.3) is 11.1 Å². The number of halogens is 2. The molecule has 0 N–H and O–H groups in total. The van der Waals surface area contributed by atoms with Crippen LogP contribution in [0.15, 0.2) is 36.4 Å². The van der Waals surface area contributed by atoms with Gasteiger partial charge in [-0.05, 0) is 41.2 Å². The molecule has 0 fully saturated rings. The Bertz CT molecular complexity index is 642. The molecule has 2 aromatic rings. The van der Waals surface area contributed by atoms with Crippen molar-refractivity contribution in [1.29, 1.82) is 0 Å². The summed E-state index contributed by atoms with van der Waals surface area (Å²) in [5, 5.41) is 0. The average Bonchev–Trinajstić information content (AvgIpc) is 2.66. The van der Waals surface area contributed by atoms with Crippen LogP contribution in [0.1, 0.15) is 36.1 Å². The summed E-state index contributed by atoms with van der Waals surface area (Å²) in [4.78, 5) is 0. The molecule has 2 aromatic carbocycles. The lowest BCUT2D eigenvalue weighted by atomic mass is 10.0. The van der Waals surface area contributed by atoms with Crippen LogP contribution in [0, 0.1) is 0 Å². The lowest BCUT2D eigenvalue weighted by molar-refractivity contribution is 0.0479. The van der Waals surface area contributed by atoms with Crippen molar-refractivity contribution in [2.24, 2.45) is 0 Å². The van der Waals surface area contributed by atoms with Crippen molar-refractivity contribution in [3.05, 3.63) is 58.7 Å². The number of alkyl halides is 2. The molecule has 0 bridgehead atoms. The van der Waals surface area contributed by atoms with Gasteiger partial charge in [-0.15, -0.1) is 0 Å². The highest BCUT2D eigenvalue weighted by Crippen LogP contribution is 2.51. The number of hydrogen-bond acceptors (Lipinski definition) is 0. The third-order valence-corrected chi connectivity index (χ3v) is 3.95. The fourth-order valence-electron chi connectivity index (χ4n) is 2.76. The van der Waals surface area contributed by atoms with E-state index in [0.29, 0.717) is 11.1 Å². The van der Waals surface area contributed by atoms with E-state index in [9.17, 15) is 8.78 Å². The molecule has 0 amide bonds. The van der Waals surface area contributed by atoms with Crippen LogP contribution in [0.2, 0.25) is 0 Å². The Morgan fingerprint density at radius 2 is 1.42 bits per heavy atom. The fraction of sp³-hybridized carbons (Fsp3) is 0.294. The number of aryl methyl sites for hydroxylation is 2. The smallest absolute Gasteiger partial charge is 0.196 e. The van der Waals surface area contributed by atoms with Crippen molar-refractivity contribution < 1.29 is 8.78 Å². The lowest BCUT2D eigenvalue weighted by Crippen LogP contribution is -2.11. The minimum absolute atomic E-state index is 0.146. The number of rotatable bonds is 2. The fourth-order valence-corrected chi connectivity index (χ4v) is 2.76. The minimum Gasteiger partial charge on any atom is -0.196 e. The maximum atomic E-state index is 14.5. The molecule has 1 aliphatic carbocycles. The summed E-state index contributed by atoms with van der Waals surface area (Å²) < 4.78 is 29.0. The molecule has 0 saturated carbocycles. The van der Waals surface area contributed by atoms with Gasteiger partial charge in [0.15, 0.2) is 0 Å². The van der Waals surface area contributed by atoms with Gasteiger partial charge >= 0.3 is 0 Å². The van der Waals surface area contributed by atoms with E-state index in [-0.39, 0.29) is 11.1 Å². The van der Waals surface area contributed by atoms with Crippen LogP contribution in [0.4, 0.5) is 8.78 Å². The van der Waals surface area contributed by atoms with E-state index in [2.05, 4.69) is 0 Å². The van der Waals surface area contributed by atoms with Gasteiger partial charge in [-0.2, -0.15) is 8.78 Å². The van der Waals surface area contributed by atoms with Crippen LogP contribution < -0.4 is 0 Å². The van der Waals surface area contributed by atoms with E-state index < -0.39 is 5.92 Å². The van der Waals surface area contributed by atoms with Crippen LogP contribution in [-0.4, -0.2) is 0 Å². The molecule has 0 aromatic heterocycles. The summed E-state index contributed by atoms with van der Waals surface area (Å²) in [5.74, 6) is -2.86. The predicted molar refractivity (Wildman–Crippen MR) is 73.6 cm³/mol. The quantitative estimate of drug-likeness (QED) is 0.716. The second kappa shape index (κ2) is 4.16. The van der Waals surface area contributed by atoms with Gasteiger partial charge in [-0.1, -0.05) is 44.2 Å². The molecular weight excluding hydrogens is 242 g/mol. The molecule has 98 valence electrons. The highest BCUT2D eigenvalue weighted by Gasteiger charge is 2.44. The second-order valence-corrected chi connectivity index (χ2v) is 5.04. The summed E-state index contributed by atoms with van der Waals surface area (Å²) in [7, 11) is 0. The summed E-state index contributed by atoms with van der Waals surface area (Å²) >= 11 is 0. The van der Waals surface area contributed by atoms with Gasteiger partial charge in [0.25, 0.3) is 5.92 Å². The first-order valence-electron chi connectivity index (χ1n) is 6.73. The molecule has 3 rings (SSSR count). The Kier molecular flexibility index (Phi) is 2.70. The van der Waals surface area contributed by atoms with E-state index in [1.807, 2.05) is 32.0 Å². The first-order chi connectivity index (χ1) is 9.07. The third kappa shape index (κ3) is 1.70. The maximum Gasteiger partial charge on any atom is 0.299 e. The van der Waals surface area contributed by atoms with Crippen molar-refractivity contribution in [3.63, 3.8) is 0 Å². The van der Waals surface area contributed by atoms with Crippen LogP contribution in [0.5, 0.6) is 0 Å². The van der Waals surface area contributed by atoms with E-state index >= 15 is 0 Å². The summed E-state index contributed by atoms with van der Waals surface area (Å²) in [6.45, 7) is 4.02. The Labute approximate surface area is 112 Å². The third-order valence-electron chi connectivity index (χ3n) is 3.95. The minimum atomic E-state index is -2.86. The van der Waals surface area contributed by atoms with Crippen molar-refractivity contribution >= 4 is 0 Å². The van der Waals surface area contributed by atoms with Crippen molar-refractivity contribution in [3.8, 4) is 11.1 Å². The van der Waals surface area contributed by atoms with Crippen molar-refractivity contribution in [2.75, 3.05) is 0 Å². The zero-order chi connectivity index (χ0) is 13.6. The molecule has 0 radical (unpaired) electrons. The van der Waals surface area contributed by atoms with Crippen molar-refractivity contribution in [2.45, 2.75) is 32.6 Å². The summed E-state index contributed by atoms with van der Waals surface area (Å²) in [5.41, 5.74) is 3.75. The lowest BCUT2D eigenvalue weighted by Gasteiger charge is -2.13. The summed E-state index contributed by atoms with van der Waals surface area (Å²) in [6.07, 6.45) is 1.64. The molecule has 19 heavy (non-hydrogen) atoms. The van der Waals surface area contributed by atoms with Crippen LogP contribution in [-0.2, 0) is 18.8 Å². The molecule has 1 aliphatic rings. The molecule has 0 aliphatic heterocycles. The molecule has 2 heteroatoms. The highest BCUT2D eigenvalue weighted by molar-refractivity contribution is 5.80. The normalized spacial score (nSPS) is 15.2. The Morgan fingerprint density at radius 3 is 2.11 bits per heavy atom. The number of hydrogen-bond donors (Lipinski definition) is 0. The van der Waals surface area contributed by atoms with E-state index in [1.54, 1.807) is 18.2 Å². The second-order valence-electron chi connectivity index (χ2n) is 5.04. The first-order valence-corrected chi connectivity index (χ1v) is 6.73. The van der Waals surface area contributed by atoms with Crippen molar-refractivity contribution in [1.82, 2.24) is 0 Å². The Morgan fingerprint density at radius 1 is 0.789 bits per heavy atom. The average molecular weight is 258 g/mol. The summed E-state index contributed by atoms with van der Waals surface area (Å²) in [6, 6.07) is 10.7. The Hall–Kier alpha value is -1.70. The van der Waals surface area contributed by atoms with Crippen LogP contribution in [0.3, 0.4) is 0 Å². The zero-order valence-electron chi connectivity index (χ0n) is 11.1. The molecule has 0 spiro atoms. The topological polar surface area (TPSA) is 0 Å². The molecule has 0 heterocycles. The van der Waals surface area contributed by atoms with Gasteiger partial charge < -0.3 is 0 Å². The van der Waals surface area contributed by atoms with Gasteiger partial charge in [0.1, 0.15) is 0 Å². The molecule has 0 atom stereocenters. The molecular formula is C17H16F2. The Balaban J connectivity index is 2.27. The van der Waals surface area contributed by atoms with E-state index in [0.717, 1.165) is 24.0 Å². The SMILES string of the molecule is CCc1ccc2c(c1)-c1ccc(CC)cc1C2(F)F. The van der Waals surface area contributed by atoms with E-state index in [4.69, 9.17) is 0 Å². The monoisotopic (exact) mass is 258 g/mol. The number of fused-ring (bicyclic) bond motifs is 3. The molecule has 0 saturated heterocycles.